The number of benzene rings is 1. The van der Waals surface area contributed by atoms with Gasteiger partial charge in [0.2, 0.25) is 0 Å². The average Bonchev–Trinajstić information content (AvgIpc) is 2.49. The number of hydrogen-bond acceptors (Lipinski definition) is 4. The maximum atomic E-state index is 13.7. The second kappa shape index (κ2) is 5.21. The number of aromatic nitrogens is 3. The van der Waals surface area contributed by atoms with Crippen molar-refractivity contribution in [3.8, 4) is 0 Å². The van der Waals surface area contributed by atoms with E-state index in [-0.39, 0.29) is 5.82 Å². The van der Waals surface area contributed by atoms with Gasteiger partial charge in [-0.1, -0.05) is 18.2 Å². The Morgan fingerprint density at radius 2 is 2.00 bits per heavy atom. The lowest BCUT2D eigenvalue weighted by Gasteiger charge is -2.19. The Morgan fingerprint density at radius 1 is 1.15 bits per heavy atom. The SMILES string of the molecule is CN(Cc1ccccc1F)c1ncnc2cnccc12. The van der Waals surface area contributed by atoms with Crippen LogP contribution in [0.1, 0.15) is 5.56 Å². The van der Waals surface area contributed by atoms with E-state index in [1.165, 1.54) is 12.4 Å². The molecule has 0 radical (unpaired) electrons. The van der Waals surface area contributed by atoms with Gasteiger partial charge in [-0.05, 0) is 12.1 Å². The molecule has 0 aliphatic rings. The van der Waals surface area contributed by atoms with Crippen LogP contribution in [-0.2, 0) is 6.54 Å². The van der Waals surface area contributed by atoms with Crippen LogP contribution in [0, 0.1) is 5.82 Å². The normalized spacial score (nSPS) is 10.7. The molecule has 2 heterocycles. The Hall–Kier alpha value is -2.56. The second-order valence-corrected chi connectivity index (χ2v) is 4.54. The zero-order valence-electron chi connectivity index (χ0n) is 11.0. The van der Waals surface area contributed by atoms with Crippen LogP contribution in [0.25, 0.3) is 10.9 Å². The van der Waals surface area contributed by atoms with Crippen LogP contribution in [0.15, 0.2) is 49.1 Å². The van der Waals surface area contributed by atoms with Crippen molar-refractivity contribution in [3.05, 3.63) is 60.4 Å². The Balaban J connectivity index is 1.97. The summed E-state index contributed by atoms with van der Waals surface area (Å²) in [5, 5.41) is 0.904. The quantitative estimate of drug-likeness (QED) is 0.732. The summed E-state index contributed by atoms with van der Waals surface area (Å²) in [6, 6.07) is 8.61. The van der Waals surface area contributed by atoms with Gasteiger partial charge in [-0.25, -0.2) is 14.4 Å². The highest BCUT2D eigenvalue weighted by Gasteiger charge is 2.10. The lowest BCUT2D eigenvalue weighted by Crippen LogP contribution is -2.19. The van der Waals surface area contributed by atoms with E-state index in [2.05, 4.69) is 15.0 Å². The molecule has 20 heavy (non-hydrogen) atoms. The zero-order valence-corrected chi connectivity index (χ0v) is 11.0. The molecule has 0 N–H and O–H groups in total. The fourth-order valence-corrected chi connectivity index (χ4v) is 2.15. The van der Waals surface area contributed by atoms with Crippen molar-refractivity contribution in [1.29, 1.82) is 0 Å². The van der Waals surface area contributed by atoms with Gasteiger partial charge in [0.1, 0.15) is 18.0 Å². The molecular weight excluding hydrogens is 255 g/mol. The highest BCUT2D eigenvalue weighted by Crippen LogP contribution is 2.22. The Kier molecular flexibility index (Phi) is 3.25. The number of rotatable bonds is 3. The molecule has 0 fully saturated rings. The lowest BCUT2D eigenvalue weighted by atomic mass is 10.2. The summed E-state index contributed by atoms with van der Waals surface area (Å²) in [5.74, 6) is 0.556. The molecule has 0 spiro atoms. The topological polar surface area (TPSA) is 41.9 Å². The van der Waals surface area contributed by atoms with E-state index in [0.717, 1.165) is 16.7 Å². The summed E-state index contributed by atoms with van der Waals surface area (Å²) >= 11 is 0. The van der Waals surface area contributed by atoms with Crippen LogP contribution < -0.4 is 4.90 Å². The first kappa shape index (κ1) is 12.5. The molecule has 3 aromatic rings. The minimum absolute atomic E-state index is 0.209. The van der Waals surface area contributed by atoms with Crippen LogP contribution in [0.3, 0.4) is 0 Å². The monoisotopic (exact) mass is 268 g/mol. The molecular formula is C15H13FN4. The van der Waals surface area contributed by atoms with Crippen LogP contribution in [0.5, 0.6) is 0 Å². The highest BCUT2D eigenvalue weighted by molar-refractivity contribution is 5.88. The number of anilines is 1. The predicted octanol–water partition coefficient (Wildman–Crippen LogP) is 2.80. The molecule has 2 aromatic heterocycles. The first-order valence-corrected chi connectivity index (χ1v) is 6.25. The maximum absolute atomic E-state index is 13.7. The largest absolute Gasteiger partial charge is 0.355 e. The Labute approximate surface area is 115 Å². The molecule has 0 aliphatic heterocycles. The van der Waals surface area contributed by atoms with Crippen molar-refractivity contribution in [2.45, 2.75) is 6.54 Å². The molecule has 4 nitrogen and oxygen atoms in total. The smallest absolute Gasteiger partial charge is 0.140 e. The van der Waals surface area contributed by atoms with Crippen molar-refractivity contribution in [2.75, 3.05) is 11.9 Å². The van der Waals surface area contributed by atoms with Crippen molar-refractivity contribution >= 4 is 16.7 Å². The summed E-state index contributed by atoms with van der Waals surface area (Å²) in [4.78, 5) is 14.4. The highest BCUT2D eigenvalue weighted by atomic mass is 19.1. The summed E-state index contributed by atoms with van der Waals surface area (Å²) in [5.41, 5.74) is 1.41. The van der Waals surface area contributed by atoms with Gasteiger partial charge in [0.05, 0.1) is 11.7 Å². The third kappa shape index (κ3) is 2.30. The van der Waals surface area contributed by atoms with Gasteiger partial charge < -0.3 is 4.90 Å². The molecule has 0 aliphatic carbocycles. The van der Waals surface area contributed by atoms with Crippen LogP contribution >= 0.6 is 0 Å². The molecule has 0 saturated heterocycles. The second-order valence-electron chi connectivity index (χ2n) is 4.54. The van der Waals surface area contributed by atoms with Crippen LogP contribution in [0.4, 0.5) is 10.2 Å². The minimum atomic E-state index is -0.209. The Bertz CT molecular complexity index is 739. The average molecular weight is 268 g/mol. The van der Waals surface area contributed by atoms with Crippen molar-refractivity contribution in [2.24, 2.45) is 0 Å². The zero-order chi connectivity index (χ0) is 13.9. The fraction of sp³-hybridized carbons (Fsp3) is 0.133. The van der Waals surface area contributed by atoms with Crippen molar-refractivity contribution in [1.82, 2.24) is 15.0 Å². The van der Waals surface area contributed by atoms with E-state index in [9.17, 15) is 4.39 Å². The number of nitrogens with zero attached hydrogens (tertiary/aromatic N) is 4. The first-order chi connectivity index (χ1) is 9.75. The van der Waals surface area contributed by atoms with Gasteiger partial charge in [-0.3, -0.25) is 4.98 Å². The first-order valence-electron chi connectivity index (χ1n) is 6.25. The Morgan fingerprint density at radius 3 is 2.85 bits per heavy atom. The third-order valence-corrected chi connectivity index (χ3v) is 3.14. The molecule has 0 atom stereocenters. The van der Waals surface area contributed by atoms with Crippen LogP contribution in [0.2, 0.25) is 0 Å². The van der Waals surface area contributed by atoms with Crippen LogP contribution in [-0.4, -0.2) is 22.0 Å². The van der Waals surface area contributed by atoms with E-state index < -0.39 is 0 Å². The van der Waals surface area contributed by atoms with E-state index in [1.54, 1.807) is 24.5 Å². The maximum Gasteiger partial charge on any atom is 0.140 e. The van der Waals surface area contributed by atoms with Gasteiger partial charge in [-0.15, -0.1) is 0 Å². The molecule has 100 valence electrons. The minimum Gasteiger partial charge on any atom is -0.355 e. The van der Waals surface area contributed by atoms with E-state index >= 15 is 0 Å². The lowest BCUT2D eigenvalue weighted by molar-refractivity contribution is 0.607. The predicted molar refractivity (Wildman–Crippen MR) is 75.8 cm³/mol. The van der Waals surface area contributed by atoms with Crippen molar-refractivity contribution in [3.63, 3.8) is 0 Å². The van der Waals surface area contributed by atoms with E-state index in [0.29, 0.717) is 12.1 Å². The van der Waals surface area contributed by atoms with Gasteiger partial charge in [-0.2, -0.15) is 0 Å². The summed E-state index contributed by atoms with van der Waals surface area (Å²) in [6.07, 6.45) is 4.89. The molecule has 5 heteroatoms. The van der Waals surface area contributed by atoms with Gasteiger partial charge in [0.15, 0.2) is 0 Å². The number of hydrogen-bond donors (Lipinski definition) is 0. The molecule has 0 amide bonds. The summed E-state index contributed by atoms with van der Waals surface area (Å²) < 4.78 is 13.7. The number of pyridine rings is 1. The molecule has 0 unspecified atom stereocenters. The molecule has 0 saturated carbocycles. The summed E-state index contributed by atoms with van der Waals surface area (Å²) in [7, 11) is 1.88. The molecule has 1 aromatic carbocycles. The van der Waals surface area contributed by atoms with Gasteiger partial charge >= 0.3 is 0 Å². The molecule has 3 rings (SSSR count). The standard InChI is InChI=1S/C15H13FN4/c1-20(9-11-4-2-3-5-13(11)16)15-12-6-7-17-8-14(12)18-10-19-15/h2-8,10H,9H2,1H3. The third-order valence-electron chi connectivity index (χ3n) is 3.14. The van der Waals surface area contributed by atoms with Crippen molar-refractivity contribution < 1.29 is 4.39 Å². The van der Waals surface area contributed by atoms with E-state index in [4.69, 9.17) is 0 Å². The summed E-state index contributed by atoms with van der Waals surface area (Å²) in [6.45, 7) is 0.446. The molecule has 0 bridgehead atoms. The number of fused-ring (bicyclic) bond motifs is 1. The van der Waals surface area contributed by atoms with E-state index in [1.807, 2.05) is 24.1 Å². The van der Waals surface area contributed by atoms with Gasteiger partial charge in [0.25, 0.3) is 0 Å². The fourth-order valence-electron chi connectivity index (χ4n) is 2.15. The van der Waals surface area contributed by atoms with Gasteiger partial charge in [0, 0.05) is 30.7 Å². The number of halogens is 1.